The van der Waals surface area contributed by atoms with Crippen LogP contribution in [0, 0.1) is 0 Å². The second-order valence-corrected chi connectivity index (χ2v) is 5.22. The summed E-state index contributed by atoms with van der Waals surface area (Å²) in [6, 6.07) is 9.17. The SMILES string of the molecule is CCOc1ccccc1Nc1nccc(C(=O)N2CCOCC2)n1. The summed E-state index contributed by atoms with van der Waals surface area (Å²) in [5.74, 6) is 0.969. The number of carbonyl (C=O) groups is 1. The van der Waals surface area contributed by atoms with Crippen LogP contribution >= 0.6 is 0 Å². The molecular weight excluding hydrogens is 308 g/mol. The molecule has 0 saturated carbocycles. The molecule has 1 aromatic carbocycles. The molecule has 2 heterocycles. The summed E-state index contributed by atoms with van der Waals surface area (Å²) < 4.78 is 10.8. The molecule has 7 nitrogen and oxygen atoms in total. The Bertz CT molecular complexity index is 702. The van der Waals surface area contributed by atoms with E-state index in [1.807, 2.05) is 31.2 Å². The summed E-state index contributed by atoms with van der Waals surface area (Å²) in [6.45, 7) is 4.77. The Balaban J connectivity index is 1.77. The lowest BCUT2D eigenvalue weighted by molar-refractivity contribution is 0.0299. The lowest BCUT2D eigenvalue weighted by Crippen LogP contribution is -2.41. The fraction of sp³-hybridized carbons (Fsp3) is 0.353. The molecule has 1 aromatic heterocycles. The highest BCUT2D eigenvalue weighted by molar-refractivity contribution is 5.92. The van der Waals surface area contributed by atoms with Crippen LogP contribution in [0.4, 0.5) is 11.6 Å². The zero-order valence-corrected chi connectivity index (χ0v) is 13.6. The molecule has 3 rings (SSSR count). The molecule has 0 atom stereocenters. The monoisotopic (exact) mass is 328 g/mol. The maximum atomic E-state index is 12.5. The Hall–Kier alpha value is -2.67. The molecule has 24 heavy (non-hydrogen) atoms. The Morgan fingerprint density at radius 1 is 1.29 bits per heavy atom. The number of nitrogens with one attached hydrogen (secondary N) is 1. The average molecular weight is 328 g/mol. The number of para-hydroxylation sites is 2. The minimum absolute atomic E-state index is 0.109. The molecule has 0 radical (unpaired) electrons. The first-order valence-electron chi connectivity index (χ1n) is 7.97. The Kier molecular flexibility index (Phi) is 5.22. The number of morpholine rings is 1. The van der Waals surface area contributed by atoms with Gasteiger partial charge in [0.25, 0.3) is 5.91 Å². The van der Waals surface area contributed by atoms with Crippen LogP contribution < -0.4 is 10.1 Å². The van der Waals surface area contributed by atoms with E-state index in [4.69, 9.17) is 9.47 Å². The fourth-order valence-corrected chi connectivity index (χ4v) is 2.44. The van der Waals surface area contributed by atoms with Gasteiger partial charge in [-0.05, 0) is 25.1 Å². The number of hydrogen-bond acceptors (Lipinski definition) is 6. The second-order valence-electron chi connectivity index (χ2n) is 5.22. The highest BCUT2D eigenvalue weighted by atomic mass is 16.5. The number of ether oxygens (including phenoxy) is 2. The van der Waals surface area contributed by atoms with E-state index in [9.17, 15) is 4.79 Å². The van der Waals surface area contributed by atoms with Crippen molar-refractivity contribution in [2.24, 2.45) is 0 Å². The van der Waals surface area contributed by atoms with E-state index >= 15 is 0 Å². The summed E-state index contributed by atoms with van der Waals surface area (Å²) >= 11 is 0. The lowest BCUT2D eigenvalue weighted by Gasteiger charge is -2.26. The molecule has 1 aliphatic rings. The second kappa shape index (κ2) is 7.74. The predicted octanol–water partition coefficient (Wildman–Crippen LogP) is 2.09. The van der Waals surface area contributed by atoms with Gasteiger partial charge in [-0.2, -0.15) is 0 Å². The third-order valence-corrected chi connectivity index (χ3v) is 3.61. The number of aromatic nitrogens is 2. The van der Waals surface area contributed by atoms with Gasteiger partial charge < -0.3 is 19.7 Å². The van der Waals surface area contributed by atoms with Gasteiger partial charge in [0.2, 0.25) is 5.95 Å². The van der Waals surface area contributed by atoms with Crippen LogP contribution in [0.25, 0.3) is 0 Å². The molecule has 0 bridgehead atoms. The van der Waals surface area contributed by atoms with Crippen molar-refractivity contribution in [3.8, 4) is 5.75 Å². The normalized spacial score (nSPS) is 14.3. The van der Waals surface area contributed by atoms with E-state index in [1.54, 1.807) is 17.2 Å². The lowest BCUT2D eigenvalue weighted by atomic mass is 10.3. The summed E-state index contributed by atoms with van der Waals surface area (Å²) in [5.41, 5.74) is 1.12. The maximum Gasteiger partial charge on any atom is 0.272 e. The first kappa shape index (κ1) is 16.2. The van der Waals surface area contributed by atoms with Gasteiger partial charge in [-0.25, -0.2) is 9.97 Å². The van der Waals surface area contributed by atoms with Crippen LogP contribution in [0.3, 0.4) is 0 Å². The smallest absolute Gasteiger partial charge is 0.272 e. The van der Waals surface area contributed by atoms with Crippen molar-refractivity contribution in [1.82, 2.24) is 14.9 Å². The molecule has 1 N–H and O–H groups in total. The van der Waals surface area contributed by atoms with Crippen molar-refractivity contribution in [1.29, 1.82) is 0 Å². The van der Waals surface area contributed by atoms with E-state index in [1.165, 1.54) is 0 Å². The first-order valence-corrected chi connectivity index (χ1v) is 7.97. The average Bonchev–Trinajstić information content (AvgIpc) is 2.64. The molecule has 1 amide bonds. The zero-order valence-electron chi connectivity index (χ0n) is 13.6. The molecule has 126 valence electrons. The van der Waals surface area contributed by atoms with Crippen LogP contribution in [-0.4, -0.2) is 53.7 Å². The summed E-state index contributed by atoms with van der Waals surface area (Å²) in [7, 11) is 0. The first-order chi connectivity index (χ1) is 11.8. The van der Waals surface area contributed by atoms with Crippen LogP contribution in [-0.2, 0) is 4.74 Å². The third-order valence-electron chi connectivity index (χ3n) is 3.61. The van der Waals surface area contributed by atoms with E-state index in [-0.39, 0.29) is 5.91 Å². The van der Waals surface area contributed by atoms with Crippen molar-refractivity contribution in [3.63, 3.8) is 0 Å². The number of nitrogens with zero attached hydrogens (tertiary/aromatic N) is 3. The van der Waals surface area contributed by atoms with Crippen LogP contribution in [0.15, 0.2) is 36.5 Å². The fourth-order valence-electron chi connectivity index (χ4n) is 2.44. The molecule has 0 aliphatic carbocycles. The Morgan fingerprint density at radius 2 is 2.08 bits per heavy atom. The topological polar surface area (TPSA) is 76.6 Å². The zero-order chi connectivity index (χ0) is 16.8. The number of amides is 1. The summed E-state index contributed by atoms with van der Waals surface area (Å²) in [4.78, 5) is 22.8. The van der Waals surface area contributed by atoms with Crippen LogP contribution in [0.2, 0.25) is 0 Å². The molecule has 1 fully saturated rings. The van der Waals surface area contributed by atoms with Gasteiger partial charge in [0.1, 0.15) is 11.4 Å². The minimum atomic E-state index is -0.109. The molecule has 0 unspecified atom stereocenters. The minimum Gasteiger partial charge on any atom is -0.492 e. The van der Waals surface area contributed by atoms with E-state index in [2.05, 4.69) is 15.3 Å². The number of anilines is 2. The largest absolute Gasteiger partial charge is 0.492 e. The number of hydrogen-bond donors (Lipinski definition) is 1. The molecule has 0 spiro atoms. The number of benzene rings is 1. The van der Waals surface area contributed by atoms with Crippen molar-refractivity contribution < 1.29 is 14.3 Å². The van der Waals surface area contributed by atoms with Crippen molar-refractivity contribution in [2.45, 2.75) is 6.92 Å². The van der Waals surface area contributed by atoms with E-state index in [0.717, 1.165) is 5.69 Å². The third kappa shape index (κ3) is 3.80. The molecule has 1 saturated heterocycles. The summed E-state index contributed by atoms with van der Waals surface area (Å²) in [6.07, 6.45) is 1.58. The molecule has 2 aromatic rings. The molecule has 7 heteroatoms. The van der Waals surface area contributed by atoms with Gasteiger partial charge in [0.05, 0.1) is 25.5 Å². The number of carbonyl (C=O) groups excluding carboxylic acids is 1. The standard InChI is InChI=1S/C17H20N4O3/c1-2-24-15-6-4-3-5-13(15)19-17-18-8-7-14(20-17)16(22)21-9-11-23-12-10-21/h3-8H,2,9-12H2,1H3,(H,18,19,20). The van der Waals surface area contributed by atoms with E-state index in [0.29, 0.717) is 50.3 Å². The predicted molar refractivity (Wildman–Crippen MR) is 89.6 cm³/mol. The quantitative estimate of drug-likeness (QED) is 0.906. The highest BCUT2D eigenvalue weighted by Crippen LogP contribution is 2.26. The van der Waals surface area contributed by atoms with Crippen molar-refractivity contribution in [3.05, 3.63) is 42.2 Å². The molecular formula is C17H20N4O3. The number of rotatable bonds is 5. The van der Waals surface area contributed by atoms with Crippen LogP contribution in [0.5, 0.6) is 5.75 Å². The Labute approximate surface area is 140 Å². The van der Waals surface area contributed by atoms with Crippen molar-refractivity contribution in [2.75, 3.05) is 38.2 Å². The van der Waals surface area contributed by atoms with Gasteiger partial charge in [-0.1, -0.05) is 12.1 Å². The van der Waals surface area contributed by atoms with Crippen LogP contribution in [0.1, 0.15) is 17.4 Å². The van der Waals surface area contributed by atoms with Gasteiger partial charge in [-0.3, -0.25) is 4.79 Å². The van der Waals surface area contributed by atoms with Gasteiger partial charge in [0, 0.05) is 19.3 Å². The van der Waals surface area contributed by atoms with Gasteiger partial charge in [0.15, 0.2) is 0 Å². The van der Waals surface area contributed by atoms with Gasteiger partial charge >= 0.3 is 0 Å². The van der Waals surface area contributed by atoms with Crippen molar-refractivity contribution >= 4 is 17.5 Å². The molecule has 1 aliphatic heterocycles. The summed E-state index contributed by atoms with van der Waals surface area (Å²) in [5, 5.41) is 3.11. The van der Waals surface area contributed by atoms with Gasteiger partial charge in [-0.15, -0.1) is 0 Å². The van der Waals surface area contributed by atoms with E-state index < -0.39 is 0 Å². The highest BCUT2D eigenvalue weighted by Gasteiger charge is 2.20. The Morgan fingerprint density at radius 3 is 2.88 bits per heavy atom. The maximum absolute atomic E-state index is 12.5.